The van der Waals surface area contributed by atoms with Crippen LogP contribution >= 0.6 is 11.8 Å². The van der Waals surface area contributed by atoms with Crippen molar-refractivity contribution in [3.8, 4) is 6.07 Å². The topological polar surface area (TPSA) is 99.5 Å². The van der Waals surface area contributed by atoms with Crippen LogP contribution < -0.4 is 4.72 Å². The molecule has 0 atom stereocenters. The van der Waals surface area contributed by atoms with Gasteiger partial charge in [-0.1, -0.05) is 0 Å². The number of amides is 1. The van der Waals surface area contributed by atoms with E-state index in [2.05, 4.69) is 6.07 Å². The summed E-state index contributed by atoms with van der Waals surface area (Å²) in [4.78, 5) is 11.4. The summed E-state index contributed by atoms with van der Waals surface area (Å²) in [5.74, 6) is 0. The third-order valence-electron chi connectivity index (χ3n) is 3.02. The highest BCUT2D eigenvalue weighted by Crippen LogP contribution is 2.34. The van der Waals surface area contributed by atoms with E-state index < -0.39 is 27.2 Å². The molecule has 1 aliphatic rings. The number of carbonyl (C=O) groups excluding carboxylic acids is 1. The Kier molecular flexibility index (Phi) is 5.68. The molecule has 0 aliphatic carbocycles. The minimum atomic E-state index is -3.90. The van der Waals surface area contributed by atoms with Crippen LogP contribution in [0.5, 0.6) is 0 Å². The van der Waals surface area contributed by atoms with Crippen molar-refractivity contribution < 1.29 is 17.9 Å². The number of nitriles is 1. The van der Waals surface area contributed by atoms with E-state index in [4.69, 9.17) is 10.00 Å². The lowest BCUT2D eigenvalue weighted by molar-refractivity contribution is 0.121. The van der Waals surface area contributed by atoms with Crippen molar-refractivity contribution in [3.05, 3.63) is 0 Å². The highest BCUT2D eigenvalue weighted by molar-refractivity contribution is 8.00. The third kappa shape index (κ3) is 4.26. The van der Waals surface area contributed by atoms with Gasteiger partial charge in [-0.15, -0.1) is 11.8 Å². The molecule has 0 aromatic rings. The number of piperidine rings is 1. The van der Waals surface area contributed by atoms with Crippen LogP contribution in [0.3, 0.4) is 0 Å². The fourth-order valence-electron chi connectivity index (χ4n) is 1.86. The Morgan fingerprint density at radius 2 is 2.00 bits per heavy atom. The van der Waals surface area contributed by atoms with Gasteiger partial charge in [0.25, 0.3) is 0 Å². The SMILES string of the molecule is CSC1(C#N)CCN(S(=O)(=O)NC(=O)OC(C)C)CC1. The Balaban J connectivity index is 2.64. The fourth-order valence-corrected chi connectivity index (χ4v) is 3.59. The summed E-state index contributed by atoms with van der Waals surface area (Å²) in [5, 5.41) is 9.15. The molecule has 0 bridgehead atoms. The number of carbonyl (C=O) groups is 1. The molecule has 1 N–H and O–H groups in total. The predicted molar refractivity (Wildman–Crippen MR) is 76.3 cm³/mol. The van der Waals surface area contributed by atoms with E-state index >= 15 is 0 Å². The van der Waals surface area contributed by atoms with Crippen LogP contribution in [0.15, 0.2) is 0 Å². The second-order valence-corrected chi connectivity index (χ2v) is 7.63. The highest BCUT2D eigenvalue weighted by Gasteiger charge is 2.38. The first-order chi connectivity index (χ1) is 9.24. The van der Waals surface area contributed by atoms with E-state index in [-0.39, 0.29) is 13.1 Å². The van der Waals surface area contributed by atoms with Crippen molar-refractivity contribution in [2.24, 2.45) is 0 Å². The summed E-state index contributed by atoms with van der Waals surface area (Å²) in [6, 6.07) is 2.24. The first-order valence-corrected chi connectivity index (χ1v) is 8.86. The smallest absolute Gasteiger partial charge is 0.422 e. The van der Waals surface area contributed by atoms with Gasteiger partial charge in [0.2, 0.25) is 0 Å². The summed E-state index contributed by atoms with van der Waals surface area (Å²) in [6.07, 6.45) is 1.33. The maximum atomic E-state index is 12.0. The van der Waals surface area contributed by atoms with Crippen LogP contribution in [0.2, 0.25) is 0 Å². The Hall–Kier alpha value is -0.980. The summed E-state index contributed by atoms with van der Waals surface area (Å²) < 4.78 is 31.2. The van der Waals surface area contributed by atoms with Crippen molar-refractivity contribution in [1.82, 2.24) is 9.03 Å². The zero-order valence-corrected chi connectivity index (χ0v) is 13.4. The van der Waals surface area contributed by atoms with Crippen molar-refractivity contribution >= 4 is 28.1 Å². The van der Waals surface area contributed by atoms with Crippen molar-refractivity contribution in [2.75, 3.05) is 19.3 Å². The van der Waals surface area contributed by atoms with Crippen molar-refractivity contribution in [2.45, 2.75) is 37.5 Å². The molecule has 0 saturated carbocycles. The van der Waals surface area contributed by atoms with E-state index in [1.54, 1.807) is 13.8 Å². The second-order valence-electron chi connectivity index (χ2n) is 4.77. The monoisotopic (exact) mass is 321 g/mol. The van der Waals surface area contributed by atoms with Crippen LogP contribution in [0, 0.1) is 11.3 Å². The predicted octanol–water partition coefficient (Wildman–Crippen LogP) is 1.09. The van der Waals surface area contributed by atoms with Gasteiger partial charge in [0.1, 0.15) is 4.75 Å². The molecule has 1 heterocycles. The van der Waals surface area contributed by atoms with Gasteiger partial charge in [-0.3, -0.25) is 0 Å². The van der Waals surface area contributed by atoms with Gasteiger partial charge < -0.3 is 4.74 Å². The fraction of sp³-hybridized carbons (Fsp3) is 0.818. The lowest BCUT2D eigenvalue weighted by Crippen LogP contribution is -2.50. The largest absolute Gasteiger partial charge is 0.446 e. The van der Waals surface area contributed by atoms with Crippen LogP contribution in [-0.2, 0) is 14.9 Å². The van der Waals surface area contributed by atoms with E-state index in [9.17, 15) is 13.2 Å². The molecular weight excluding hydrogens is 302 g/mol. The maximum Gasteiger partial charge on any atom is 0.422 e. The summed E-state index contributed by atoms with van der Waals surface area (Å²) in [6.45, 7) is 3.68. The Morgan fingerprint density at radius 1 is 1.45 bits per heavy atom. The van der Waals surface area contributed by atoms with Crippen LogP contribution in [0.25, 0.3) is 0 Å². The van der Waals surface area contributed by atoms with Gasteiger partial charge in [0.05, 0.1) is 12.2 Å². The van der Waals surface area contributed by atoms with Crippen molar-refractivity contribution in [1.29, 1.82) is 5.26 Å². The molecule has 1 rings (SSSR count). The molecule has 114 valence electrons. The number of ether oxygens (including phenoxy) is 1. The standard InChI is InChI=1S/C11H19N3O4S2/c1-9(2)18-10(15)13-20(16,17)14-6-4-11(8-12,19-3)5-7-14/h9H,4-7H2,1-3H3,(H,13,15). The van der Waals surface area contributed by atoms with Crippen LogP contribution in [-0.4, -0.2) is 49.0 Å². The van der Waals surface area contributed by atoms with E-state index in [1.807, 2.05) is 11.0 Å². The summed E-state index contributed by atoms with van der Waals surface area (Å²) in [7, 11) is -3.90. The maximum absolute atomic E-state index is 12.0. The Morgan fingerprint density at radius 3 is 2.40 bits per heavy atom. The first-order valence-electron chi connectivity index (χ1n) is 6.19. The highest BCUT2D eigenvalue weighted by atomic mass is 32.2. The molecule has 1 aliphatic heterocycles. The number of thioether (sulfide) groups is 1. The zero-order valence-electron chi connectivity index (χ0n) is 11.7. The van der Waals surface area contributed by atoms with Gasteiger partial charge in [0, 0.05) is 13.1 Å². The number of rotatable bonds is 4. The molecular formula is C11H19N3O4S2. The minimum Gasteiger partial charge on any atom is -0.446 e. The van der Waals surface area contributed by atoms with E-state index in [0.717, 1.165) is 0 Å². The van der Waals surface area contributed by atoms with Crippen molar-refractivity contribution in [3.63, 3.8) is 0 Å². The average molecular weight is 321 g/mol. The molecule has 1 saturated heterocycles. The van der Waals surface area contributed by atoms with Gasteiger partial charge in [0.15, 0.2) is 0 Å². The normalized spacial score (nSPS) is 19.4. The molecule has 0 spiro atoms. The van der Waals surface area contributed by atoms with E-state index in [1.165, 1.54) is 16.1 Å². The minimum absolute atomic E-state index is 0.207. The molecule has 1 fully saturated rings. The summed E-state index contributed by atoms with van der Waals surface area (Å²) in [5.41, 5.74) is 0. The zero-order chi connectivity index (χ0) is 15.4. The first kappa shape index (κ1) is 17.1. The lowest BCUT2D eigenvalue weighted by atomic mass is 9.99. The summed E-state index contributed by atoms with van der Waals surface area (Å²) >= 11 is 1.43. The lowest BCUT2D eigenvalue weighted by Gasteiger charge is -2.35. The van der Waals surface area contributed by atoms with Gasteiger partial charge in [-0.25, -0.2) is 9.52 Å². The molecule has 7 nitrogen and oxygen atoms in total. The molecule has 1 amide bonds. The van der Waals surface area contributed by atoms with Gasteiger partial charge >= 0.3 is 16.3 Å². The third-order valence-corrected chi connectivity index (χ3v) is 5.77. The molecule has 0 aromatic heterocycles. The Bertz CT molecular complexity index is 490. The molecule has 9 heteroatoms. The molecule has 20 heavy (non-hydrogen) atoms. The number of hydrogen-bond donors (Lipinski definition) is 1. The second kappa shape index (κ2) is 6.65. The number of hydrogen-bond acceptors (Lipinski definition) is 6. The van der Waals surface area contributed by atoms with Crippen LogP contribution in [0.1, 0.15) is 26.7 Å². The quantitative estimate of drug-likeness (QED) is 0.832. The Labute approximate surface area is 123 Å². The molecule has 0 radical (unpaired) electrons. The number of nitrogens with zero attached hydrogens (tertiary/aromatic N) is 2. The molecule has 0 aromatic carbocycles. The van der Waals surface area contributed by atoms with Gasteiger partial charge in [-0.05, 0) is 32.9 Å². The average Bonchev–Trinajstić information content (AvgIpc) is 2.37. The number of nitrogens with one attached hydrogen (secondary N) is 1. The van der Waals surface area contributed by atoms with E-state index in [0.29, 0.717) is 12.8 Å². The van der Waals surface area contributed by atoms with Crippen LogP contribution in [0.4, 0.5) is 4.79 Å². The van der Waals surface area contributed by atoms with Gasteiger partial charge in [-0.2, -0.15) is 18.0 Å². The molecule has 0 unspecified atom stereocenters.